The summed E-state index contributed by atoms with van der Waals surface area (Å²) in [6.45, 7) is 1.81. The molecule has 0 aromatic carbocycles. The van der Waals surface area contributed by atoms with Gasteiger partial charge >= 0.3 is 0 Å². The molecule has 0 radical (unpaired) electrons. The molecule has 1 aliphatic carbocycles. The van der Waals surface area contributed by atoms with Gasteiger partial charge in [0.2, 0.25) is 5.91 Å². The highest BCUT2D eigenvalue weighted by molar-refractivity contribution is 5.97. The monoisotopic (exact) mass is 274 g/mol. The van der Waals surface area contributed by atoms with Gasteiger partial charge in [-0.2, -0.15) is 5.10 Å². The number of nitrogens with zero attached hydrogens (tertiary/aromatic N) is 3. The number of amides is 1. The largest absolute Gasteiger partial charge is 0.273 e. The molecule has 1 amide bonds. The van der Waals surface area contributed by atoms with E-state index in [1.54, 1.807) is 18.6 Å². The number of aromatic nitrogens is 2. The first-order valence-electron chi connectivity index (χ1n) is 7.35. The van der Waals surface area contributed by atoms with Crippen molar-refractivity contribution < 1.29 is 4.79 Å². The second-order valence-corrected chi connectivity index (χ2v) is 5.37. The third-order valence-corrected chi connectivity index (χ3v) is 3.79. The average Bonchev–Trinajstić information content (AvgIpc) is 2.52. The predicted octanol–water partition coefficient (Wildman–Crippen LogP) is 2.68. The lowest BCUT2D eigenvalue weighted by molar-refractivity contribution is -0.121. The molecule has 1 saturated carbocycles. The molecule has 20 heavy (non-hydrogen) atoms. The zero-order valence-electron chi connectivity index (χ0n) is 12.0. The second kappa shape index (κ2) is 7.72. The van der Waals surface area contributed by atoms with Gasteiger partial charge in [0.1, 0.15) is 5.69 Å². The summed E-state index contributed by atoms with van der Waals surface area (Å²) >= 11 is 0. The number of carbonyl (C=O) groups excluding carboxylic acids is 1. The summed E-state index contributed by atoms with van der Waals surface area (Å²) in [5.74, 6) is 0.707. The van der Waals surface area contributed by atoms with Gasteiger partial charge in [0, 0.05) is 18.8 Å². The van der Waals surface area contributed by atoms with E-state index >= 15 is 0 Å². The number of nitrogens with one attached hydrogen (secondary N) is 1. The van der Waals surface area contributed by atoms with Crippen molar-refractivity contribution in [2.24, 2.45) is 11.0 Å². The quantitative estimate of drug-likeness (QED) is 0.663. The molecule has 1 fully saturated rings. The van der Waals surface area contributed by atoms with Crippen molar-refractivity contribution in [1.29, 1.82) is 0 Å². The van der Waals surface area contributed by atoms with E-state index in [0.29, 0.717) is 17.8 Å². The van der Waals surface area contributed by atoms with Gasteiger partial charge in [0.05, 0.1) is 11.9 Å². The molecule has 5 nitrogen and oxygen atoms in total. The zero-order chi connectivity index (χ0) is 14.2. The van der Waals surface area contributed by atoms with Gasteiger partial charge in [-0.25, -0.2) is 5.43 Å². The maximum absolute atomic E-state index is 11.8. The molecule has 1 aromatic heterocycles. The average molecular weight is 274 g/mol. The van der Waals surface area contributed by atoms with Gasteiger partial charge in [0.25, 0.3) is 0 Å². The Morgan fingerprint density at radius 1 is 1.35 bits per heavy atom. The fraction of sp³-hybridized carbons (Fsp3) is 0.600. The molecule has 0 atom stereocenters. The van der Waals surface area contributed by atoms with Crippen molar-refractivity contribution in [1.82, 2.24) is 15.4 Å². The van der Waals surface area contributed by atoms with Crippen molar-refractivity contribution in [3.05, 3.63) is 24.3 Å². The van der Waals surface area contributed by atoms with Crippen LogP contribution in [-0.2, 0) is 4.79 Å². The molecule has 1 aliphatic rings. The Bertz CT molecular complexity index is 452. The molecule has 0 aliphatic heterocycles. The standard InChI is InChI=1S/C15H22N4O/c1-12(14-11-16-9-10-17-14)18-19-15(20)8-7-13-5-3-2-4-6-13/h9-11,13H,2-8H2,1H3,(H,19,20). The van der Waals surface area contributed by atoms with E-state index in [-0.39, 0.29) is 5.91 Å². The summed E-state index contributed by atoms with van der Waals surface area (Å²) in [5, 5.41) is 4.07. The molecule has 1 N–H and O–H groups in total. The number of hydrazone groups is 1. The summed E-state index contributed by atoms with van der Waals surface area (Å²) in [5.41, 5.74) is 3.95. The fourth-order valence-electron chi connectivity index (χ4n) is 2.56. The van der Waals surface area contributed by atoms with Crippen LogP contribution in [0.4, 0.5) is 0 Å². The normalized spacial score (nSPS) is 16.9. The van der Waals surface area contributed by atoms with Crippen LogP contribution in [0, 0.1) is 5.92 Å². The molecule has 0 unspecified atom stereocenters. The van der Waals surface area contributed by atoms with Gasteiger partial charge < -0.3 is 0 Å². The fourth-order valence-corrected chi connectivity index (χ4v) is 2.56. The first-order valence-corrected chi connectivity index (χ1v) is 7.35. The lowest BCUT2D eigenvalue weighted by Gasteiger charge is -2.20. The first-order chi connectivity index (χ1) is 9.75. The molecule has 108 valence electrons. The van der Waals surface area contributed by atoms with E-state index in [2.05, 4.69) is 20.5 Å². The molecule has 0 saturated heterocycles. The van der Waals surface area contributed by atoms with Gasteiger partial charge in [0.15, 0.2) is 0 Å². The summed E-state index contributed by atoms with van der Waals surface area (Å²) in [6.07, 6.45) is 12.9. The van der Waals surface area contributed by atoms with Crippen LogP contribution in [0.5, 0.6) is 0 Å². The molecule has 2 rings (SSSR count). The SMILES string of the molecule is CC(=NNC(=O)CCC1CCCCC1)c1cnccn1. The Kier molecular flexibility index (Phi) is 5.65. The van der Waals surface area contributed by atoms with Crippen molar-refractivity contribution in [2.75, 3.05) is 0 Å². The summed E-state index contributed by atoms with van der Waals surface area (Å²) < 4.78 is 0. The zero-order valence-corrected chi connectivity index (χ0v) is 12.0. The minimum absolute atomic E-state index is 0.0150. The Morgan fingerprint density at radius 3 is 2.85 bits per heavy atom. The highest BCUT2D eigenvalue weighted by atomic mass is 16.2. The molecule has 0 bridgehead atoms. The van der Waals surface area contributed by atoms with Crippen molar-refractivity contribution in [3.63, 3.8) is 0 Å². The van der Waals surface area contributed by atoms with E-state index in [0.717, 1.165) is 12.3 Å². The molecular weight excluding hydrogens is 252 g/mol. The predicted molar refractivity (Wildman–Crippen MR) is 78.2 cm³/mol. The van der Waals surface area contributed by atoms with Crippen LogP contribution in [0.3, 0.4) is 0 Å². The van der Waals surface area contributed by atoms with Crippen molar-refractivity contribution >= 4 is 11.6 Å². The minimum Gasteiger partial charge on any atom is -0.273 e. The van der Waals surface area contributed by atoms with E-state index < -0.39 is 0 Å². The maximum Gasteiger partial charge on any atom is 0.240 e. The third-order valence-electron chi connectivity index (χ3n) is 3.79. The number of carbonyl (C=O) groups is 1. The van der Waals surface area contributed by atoms with E-state index in [9.17, 15) is 4.79 Å². The minimum atomic E-state index is -0.0150. The Hall–Kier alpha value is -1.78. The Labute approximate surface area is 119 Å². The van der Waals surface area contributed by atoms with E-state index in [1.807, 2.05) is 6.92 Å². The van der Waals surface area contributed by atoms with Crippen molar-refractivity contribution in [3.8, 4) is 0 Å². The van der Waals surface area contributed by atoms with Crippen molar-refractivity contribution in [2.45, 2.75) is 51.9 Å². The highest BCUT2D eigenvalue weighted by Crippen LogP contribution is 2.27. The van der Waals surface area contributed by atoms with Crippen LogP contribution in [0.15, 0.2) is 23.7 Å². The van der Waals surface area contributed by atoms with Gasteiger partial charge in [-0.1, -0.05) is 32.1 Å². The van der Waals surface area contributed by atoms with Gasteiger partial charge in [-0.15, -0.1) is 0 Å². The molecule has 1 aromatic rings. The van der Waals surface area contributed by atoms with Crippen LogP contribution < -0.4 is 5.43 Å². The van der Waals surface area contributed by atoms with Crippen LogP contribution in [0.2, 0.25) is 0 Å². The van der Waals surface area contributed by atoms with Crippen LogP contribution in [-0.4, -0.2) is 21.6 Å². The smallest absolute Gasteiger partial charge is 0.240 e. The number of hydrogen-bond donors (Lipinski definition) is 1. The Balaban J connectivity index is 1.74. The van der Waals surface area contributed by atoms with Crippen LogP contribution in [0.1, 0.15) is 57.6 Å². The van der Waals surface area contributed by atoms with Gasteiger partial charge in [-0.05, 0) is 19.3 Å². The summed E-state index contributed by atoms with van der Waals surface area (Å²) in [7, 11) is 0. The molecule has 1 heterocycles. The summed E-state index contributed by atoms with van der Waals surface area (Å²) in [4.78, 5) is 19.9. The third kappa shape index (κ3) is 4.72. The molecular formula is C15H22N4O. The van der Waals surface area contributed by atoms with Gasteiger partial charge in [-0.3, -0.25) is 14.8 Å². The van der Waals surface area contributed by atoms with Crippen LogP contribution >= 0.6 is 0 Å². The topological polar surface area (TPSA) is 67.2 Å². The molecule has 5 heteroatoms. The lowest BCUT2D eigenvalue weighted by atomic mass is 9.86. The molecule has 0 spiro atoms. The highest BCUT2D eigenvalue weighted by Gasteiger charge is 2.14. The Morgan fingerprint density at radius 2 is 2.15 bits per heavy atom. The van der Waals surface area contributed by atoms with E-state index in [1.165, 1.54) is 32.1 Å². The summed E-state index contributed by atoms with van der Waals surface area (Å²) in [6, 6.07) is 0. The maximum atomic E-state index is 11.8. The second-order valence-electron chi connectivity index (χ2n) is 5.37. The lowest BCUT2D eigenvalue weighted by Crippen LogP contribution is -2.20. The van der Waals surface area contributed by atoms with Crippen LogP contribution in [0.25, 0.3) is 0 Å². The number of hydrogen-bond acceptors (Lipinski definition) is 4. The first kappa shape index (κ1) is 14.6. The van der Waals surface area contributed by atoms with E-state index in [4.69, 9.17) is 0 Å². The number of rotatable bonds is 5.